The summed E-state index contributed by atoms with van der Waals surface area (Å²) in [5.74, 6) is -1.20. The van der Waals surface area contributed by atoms with Crippen molar-refractivity contribution in [2.24, 2.45) is 0 Å². The molecule has 2 aliphatic heterocycles. The van der Waals surface area contributed by atoms with Crippen LogP contribution in [0.1, 0.15) is 91.5 Å². The molecule has 0 unspecified atom stereocenters. The largest absolute Gasteiger partial charge is 0.491 e. The maximum absolute atomic E-state index is 13.9. The van der Waals surface area contributed by atoms with E-state index in [1.165, 1.54) is 11.8 Å². The lowest BCUT2D eigenvalue weighted by Gasteiger charge is -2.36. The van der Waals surface area contributed by atoms with E-state index in [1.807, 2.05) is 38.1 Å². The normalized spacial score (nSPS) is 25.7. The van der Waals surface area contributed by atoms with Gasteiger partial charge in [0.2, 0.25) is 23.6 Å². The van der Waals surface area contributed by atoms with Gasteiger partial charge in [0, 0.05) is 19.4 Å². The number of carbonyl (C=O) groups is 5. The summed E-state index contributed by atoms with van der Waals surface area (Å²) in [5.41, 5.74) is -0.500. The smallest absolute Gasteiger partial charge is 0.246 e. The van der Waals surface area contributed by atoms with E-state index < -0.39 is 47.5 Å². The average Bonchev–Trinajstić information content (AvgIpc) is 3.45. The zero-order valence-electron chi connectivity index (χ0n) is 26.1. The minimum absolute atomic E-state index is 0.0178. The molecule has 0 aliphatic carbocycles. The van der Waals surface area contributed by atoms with Crippen LogP contribution < -0.4 is 20.7 Å². The quantitative estimate of drug-likeness (QED) is 0.268. The van der Waals surface area contributed by atoms with Gasteiger partial charge in [-0.25, -0.2) is 0 Å². The summed E-state index contributed by atoms with van der Waals surface area (Å²) >= 11 is 0. The first-order valence-electron chi connectivity index (χ1n) is 15.5. The molecule has 11 heteroatoms. The molecule has 0 bridgehead atoms. The zero-order valence-corrected chi connectivity index (χ0v) is 26.1. The van der Waals surface area contributed by atoms with Crippen molar-refractivity contribution < 1.29 is 33.8 Å². The van der Waals surface area contributed by atoms with Gasteiger partial charge in [-0.05, 0) is 77.5 Å². The Hall–Kier alpha value is -3.47. The molecular weight excluding hydrogens is 552 g/mol. The van der Waals surface area contributed by atoms with Crippen LogP contribution in [0, 0.1) is 0 Å². The molecule has 0 saturated carbocycles. The molecule has 1 aromatic rings. The maximum atomic E-state index is 13.9. The number of nitrogens with zero attached hydrogens (tertiary/aromatic N) is 1. The van der Waals surface area contributed by atoms with Crippen LogP contribution >= 0.6 is 0 Å². The summed E-state index contributed by atoms with van der Waals surface area (Å²) in [6, 6.07) is 4.78. The van der Waals surface area contributed by atoms with Gasteiger partial charge in [0.05, 0.1) is 6.10 Å². The van der Waals surface area contributed by atoms with Gasteiger partial charge < -0.3 is 30.7 Å². The lowest BCUT2D eigenvalue weighted by Crippen LogP contribution is -2.65. The fourth-order valence-electron chi connectivity index (χ4n) is 5.47. The minimum atomic E-state index is -1.32. The molecule has 2 fully saturated rings. The first kappa shape index (κ1) is 34.0. The third-order valence-electron chi connectivity index (χ3n) is 8.30. The van der Waals surface area contributed by atoms with E-state index >= 15 is 0 Å². The fourth-order valence-corrected chi connectivity index (χ4v) is 5.47. The first-order valence-corrected chi connectivity index (χ1v) is 15.5. The predicted molar refractivity (Wildman–Crippen MR) is 161 cm³/mol. The number of ether oxygens (including phenoxy) is 1. The molecule has 0 aromatic heterocycles. The molecule has 3 rings (SSSR count). The molecule has 238 valence electrons. The number of nitrogens with one attached hydrogen (secondary N) is 3. The SMILES string of the molecule is CC[C@]1(C)NC(=O)[C@H](CCCCCC(=O)[C@@H](C)O)NC(=O)[C@H]2CCCN2C(=O)[C@H](Cc2ccc(OC(C)C)cc2)NC1=O. The second-order valence-electron chi connectivity index (χ2n) is 12.2. The van der Waals surface area contributed by atoms with Gasteiger partial charge in [0.15, 0.2) is 5.78 Å². The number of aliphatic hydroxyl groups excluding tert-OH is 1. The van der Waals surface area contributed by atoms with E-state index in [-0.39, 0.29) is 37.1 Å². The molecule has 2 aliphatic rings. The Morgan fingerprint density at radius 2 is 1.72 bits per heavy atom. The van der Waals surface area contributed by atoms with E-state index in [4.69, 9.17) is 4.74 Å². The Labute approximate surface area is 254 Å². The lowest BCUT2D eigenvalue weighted by atomic mass is 9.94. The van der Waals surface area contributed by atoms with E-state index in [0.29, 0.717) is 50.8 Å². The van der Waals surface area contributed by atoms with Crippen molar-refractivity contribution >= 4 is 29.4 Å². The lowest BCUT2D eigenvalue weighted by molar-refractivity contribution is -0.144. The van der Waals surface area contributed by atoms with Crippen LogP contribution in [0.3, 0.4) is 0 Å². The molecule has 1 aromatic carbocycles. The molecule has 2 saturated heterocycles. The Balaban J connectivity index is 1.81. The van der Waals surface area contributed by atoms with Crippen LogP contribution in [0.25, 0.3) is 0 Å². The van der Waals surface area contributed by atoms with Gasteiger partial charge in [0.25, 0.3) is 0 Å². The monoisotopic (exact) mass is 600 g/mol. The number of ketones is 1. The van der Waals surface area contributed by atoms with Gasteiger partial charge in [-0.15, -0.1) is 0 Å². The Morgan fingerprint density at radius 3 is 2.35 bits per heavy atom. The number of hydrogen-bond donors (Lipinski definition) is 4. The van der Waals surface area contributed by atoms with Crippen LogP contribution in [-0.4, -0.2) is 81.8 Å². The van der Waals surface area contributed by atoms with Crippen molar-refractivity contribution in [1.29, 1.82) is 0 Å². The molecule has 5 atom stereocenters. The summed E-state index contributed by atoms with van der Waals surface area (Å²) in [7, 11) is 0. The van der Waals surface area contributed by atoms with Crippen LogP contribution in [-0.2, 0) is 30.4 Å². The van der Waals surface area contributed by atoms with E-state index in [9.17, 15) is 29.1 Å². The Kier molecular flexibility index (Phi) is 12.1. The van der Waals surface area contributed by atoms with Crippen molar-refractivity contribution in [3.63, 3.8) is 0 Å². The van der Waals surface area contributed by atoms with Gasteiger partial charge in [-0.3, -0.25) is 24.0 Å². The fraction of sp³-hybridized carbons (Fsp3) is 0.656. The first-order chi connectivity index (χ1) is 20.3. The minimum Gasteiger partial charge on any atom is -0.491 e. The molecule has 4 N–H and O–H groups in total. The van der Waals surface area contributed by atoms with Crippen molar-refractivity contribution in [2.45, 2.75) is 128 Å². The van der Waals surface area contributed by atoms with Crippen LogP contribution in [0.4, 0.5) is 0 Å². The number of benzene rings is 1. The van der Waals surface area contributed by atoms with Crippen molar-refractivity contribution in [3.05, 3.63) is 29.8 Å². The van der Waals surface area contributed by atoms with Crippen molar-refractivity contribution in [1.82, 2.24) is 20.9 Å². The van der Waals surface area contributed by atoms with Crippen LogP contribution in [0.15, 0.2) is 24.3 Å². The molecule has 0 radical (unpaired) electrons. The Bertz CT molecular complexity index is 1150. The van der Waals surface area contributed by atoms with Gasteiger partial charge in [-0.1, -0.05) is 31.9 Å². The third-order valence-corrected chi connectivity index (χ3v) is 8.30. The number of fused-ring (bicyclic) bond motifs is 1. The highest BCUT2D eigenvalue weighted by Crippen LogP contribution is 2.23. The second-order valence-corrected chi connectivity index (χ2v) is 12.2. The standard InChI is InChI=1S/C32H48N4O7/c1-6-32(5)31(42)34-25(19-22-14-16-23(17-15-22)43-20(2)3)30(41)36-18-10-12-26(36)29(40)33-24(28(39)35-32)11-8-7-9-13-27(38)21(4)37/h14-17,20-21,24-26,37H,6-13,18-19H2,1-5H3,(H,33,40)(H,34,42)(H,35,39)/t21-,24+,25+,26-,32+/m1/s1. The predicted octanol–water partition coefficient (Wildman–Crippen LogP) is 2.18. The molecule has 43 heavy (non-hydrogen) atoms. The van der Waals surface area contributed by atoms with E-state index in [0.717, 1.165) is 5.56 Å². The molecule has 2 heterocycles. The average molecular weight is 601 g/mol. The zero-order chi connectivity index (χ0) is 31.7. The number of hydrogen-bond acceptors (Lipinski definition) is 7. The highest BCUT2D eigenvalue weighted by Gasteiger charge is 2.43. The second kappa shape index (κ2) is 15.3. The number of unbranched alkanes of at least 4 members (excludes halogenated alkanes) is 2. The van der Waals surface area contributed by atoms with Crippen LogP contribution in [0.2, 0.25) is 0 Å². The Morgan fingerprint density at radius 1 is 1.02 bits per heavy atom. The highest BCUT2D eigenvalue weighted by atomic mass is 16.5. The number of carbonyl (C=O) groups excluding carboxylic acids is 5. The van der Waals surface area contributed by atoms with Gasteiger partial charge in [0.1, 0.15) is 35.5 Å². The third kappa shape index (κ3) is 9.26. The number of aliphatic hydroxyl groups is 1. The van der Waals surface area contributed by atoms with E-state index in [1.54, 1.807) is 13.8 Å². The van der Waals surface area contributed by atoms with Crippen molar-refractivity contribution in [3.8, 4) is 5.75 Å². The number of rotatable bonds is 12. The van der Waals surface area contributed by atoms with Crippen molar-refractivity contribution in [2.75, 3.05) is 6.54 Å². The summed E-state index contributed by atoms with van der Waals surface area (Å²) in [5, 5.41) is 18.0. The molecule has 0 spiro atoms. The summed E-state index contributed by atoms with van der Waals surface area (Å²) in [6.45, 7) is 9.08. The summed E-state index contributed by atoms with van der Waals surface area (Å²) < 4.78 is 5.72. The molecule has 11 nitrogen and oxygen atoms in total. The van der Waals surface area contributed by atoms with Gasteiger partial charge in [-0.2, -0.15) is 0 Å². The van der Waals surface area contributed by atoms with E-state index in [2.05, 4.69) is 16.0 Å². The topological polar surface area (TPSA) is 154 Å². The highest BCUT2D eigenvalue weighted by molar-refractivity contribution is 5.99. The molecule has 4 amide bonds. The molecular formula is C32H48N4O7. The number of Topliss-reactive ketones (excluding diaryl/α,β-unsaturated/α-hetero) is 1. The van der Waals surface area contributed by atoms with Crippen LogP contribution in [0.5, 0.6) is 5.75 Å². The number of amides is 4. The summed E-state index contributed by atoms with van der Waals surface area (Å²) in [4.78, 5) is 67.8. The maximum Gasteiger partial charge on any atom is 0.246 e. The van der Waals surface area contributed by atoms with Gasteiger partial charge >= 0.3 is 0 Å². The summed E-state index contributed by atoms with van der Waals surface area (Å²) in [6.07, 6.45) is 2.87.